The summed E-state index contributed by atoms with van der Waals surface area (Å²) in [6.45, 7) is 1.69. The minimum Gasteiger partial charge on any atom is -0.481 e. The van der Waals surface area contributed by atoms with Crippen LogP contribution in [0.25, 0.3) is 11.2 Å². The van der Waals surface area contributed by atoms with Crippen molar-refractivity contribution in [2.75, 3.05) is 31.9 Å². The quantitative estimate of drug-likeness (QED) is 0.321. The molecular formula is C16H25N7O5. The molecule has 1 aliphatic rings. The number of hydrogen-bond donors (Lipinski definition) is 5. The van der Waals surface area contributed by atoms with Gasteiger partial charge in [0, 0.05) is 26.1 Å². The molecular weight excluding hydrogens is 370 g/mol. The van der Waals surface area contributed by atoms with Gasteiger partial charge in [0.05, 0.1) is 6.33 Å². The Balaban J connectivity index is 1.72. The summed E-state index contributed by atoms with van der Waals surface area (Å²) in [6.07, 6.45) is -0.695. The highest BCUT2D eigenvalue weighted by atomic mass is 16.6. The van der Waals surface area contributed by atoms with E-state index in [1.165, 1.54) is 17.2 Å². The minimum atomic E-state index is -1.20. The lowest BCUT2D eigenvalue weighted by atomic mass is 10.1. The van der Waals surface area contributed by atoms with Crippen molar-refractivity contribution in [3.05, 3.63) is 12.7 Å². The molecule has 0 amide bonds. The van der Waals surface area contributed by atoms with Gasteiger partial charge in [0.1, 0.15) is 30.2 Å². The number of aromatic nitrogens is 4. The van der Waals surface area contributed by atoms with Crippen molar-refractivity contribution in [3.8, 4) is 0 Å². The summed E-state index contributed by atoms with van der Waals surface area (Å²) in [7, 11) is 0. The van der Waals surface area contributed by atoms with E-state index < -0.39 is 30.5 Å². The number of carboxylic acids is 1. The number of ether oxygens (including phenoxy) is 1. The van der Waals surface area contributed by atoms with Crippen molar-refractivity contribution in [2.24, 2.45) is 5.73 Å². The van der Waals surface area contributed by atoms with Crippen LogP contribution in [0.2, 0.25) is 0 Å². The Labute approximate surface area is 160 Å². The molecule has 12 heteroatoms. The summed E-state index contributed by atoms with van der Waals surface area (Å²) in [6, 6.07) is 0. The summed E-state index contributed by atoms with van der Waals surface area (Å²) < 4.78 is 7.42. The van der Waals surface area contributed by atoms with Crippen LogP contribution in [0.3, 0.4) is 0 Å². The Morgan fingerprint density at radius 1 is 1.25 bits per heavy atom. The standard InChI is InChI=1S/C16H25N7O5/c17-3-5-22(4-1-2-10(24)25)6-9-12(26)13(27)16(28-9)23-8-21-11-14(18)19-7-20-15(11)23/h7-9,12-13,16,26-27H,1-6,17H2,(H,24,25)(H2,18,19,20)/t9-,12-,13-,16-/m1/s1. The molecule has 1 fully saturated rings. The predicted molar refractivity (Wildman–Crippen MR) is 98.0 cm³/mol. The van der Waals surface area contributed by atoms with Gasteiger partial charge < -0.3 is 31.5 Å². The first-order chi connectivity index (χ1) is 13.4. The van der Waals surface area contributed by atoms with Gasteiger partial charge in [0.2, 0.25) is 0 Å². The number of aliphatic hydroxyl groups is 2. The summed E-state index contributed by atoms with van der Waals surface area (Å²) >= 11 is 0. The third kappa shape index (κ3) is 4.20. The van der Waals surface area contributed by atoms with E-state index in [0.29, 0.717) is 43.8 Å². The highest BCUT2D eigenvalue weighted by Crippen LogP contribution is 2.32. The molecule has 12 nitrogen and oxygen atoms in total. The molecule has 2 aromatic rings. The van der Waals surface area contributed by atoms with Crippen LogP contribution in [0.15, 0.2) is 12.7 Å². The Morgan fingerprint density at radius 3 is 2.75 bits per heavy atom. The van der Waals surface area contributed by atoms with Gasteiger partial charge in [-0.1, -0.05) is 0 Å². The van der Waals surface area contributed by atoms with E-state index in [4.69, 9.17) is 21.3 Å². The number of aliphatic hydroxyl groups excluding tert-OH is 2. The SMILES string of the molecule is NCCN(CCCC(=O)O)C[C@H]1O[C@@H](n2cnc3c(N)ncnc32)[C@H](O)[C@@H]1O. The number of nitrogens with zero attached hydrogens (tertiary/aromatic N) is 5. The zero-order chi connectivity index (χ0) is 20.3. The maximum atomic E-state index is 10.7. The smallest absolute Gasteiger partial charge is 0.303 e. The van der Waals surface area contributed by atoms with Crippen LogP contribution in [0.1, 0.15) is 19.1 Å². The molecule has 0 bridgehead atoms. The normalized spacial score (nSPS) is 25.0. The van der Waals surface area contributed by atoms with Crippen molar-refractivity contribution in [1.82, 2.24) is 24.4 Å². The van der Waals surface area contributed by atoms with E-state index in [-0.39, 0.29) is 12.2 Å². The number of rotatable bonds is 9. The molecule has 1 aliphatic heterocycles. The maximum absolute atomic E-state index is 10.7. The number of aliphatic carboxylic acids is 1. The fourth-order valence-electron chi connectivity index (χ4n) is 3.35. The van der Waals surface area contributed by atoms with Gasteiger partial charge in [-0.2, -0.15) is 0 Å². The fourth-order valence-corrected chi connectivity index (χ4v) is 3.35. The van der Waals surface area contributed by atoms with Crippen LogP contribution in [0, 0.1) is 0 Å². The summed E-state index contributed by atoms with van der Waals surface area (Å²) in [5.41, 5.74) is 12.2. The Kier molecular flexibility index (Phi) is 6.36. The molecule has 1 saturated heterocycles. The van der Waals surface area contributed by atoms with Crippen LogP contribution >= 0.6 is 0 Å². The minimum absolute atomic E-state index is 0.0442. The molecule has 7 N–H and O–H groups in total. The molecule has 154 valence electrons. The third-order valence-electron chi connectivity index (χ3n) is 4.75. The van der Waals surface area contributed by atoms with Crippen LogP contribution in [0.5, 0.6) is 0 Å². The molecule has 0 aliphatic carbocycles. The lowest BCUT2D eigenvalue weighted by molar-refractivity contribution is -0.137. The van der Waals surface area contributed by atoms with E-state index in [2.05, 4.69) is 15.0 Å². The average Bonchev–Trinajstić information content (AvgIpc) is 3.19. The number of nitrogen functional groups attached to an aromatic ring is 1. The average molecular weight is 395 g/mol. The van der Waals surface area contributed by atoms with Crippen molar-refractivity contribution >= 4 is 23.0 Å². The van der Waals surface area contributed by atoms with Gasteiger partial charge in [0.25, 0.3) is 0 Å². The van der Waals surface area contributed by atoms with Gasteiger partial charge in [-0.15, -0.1) is 0 Å². The van der Waals surface area contributed by atoms with Gasteiger partial charge in [-0.05, 0) is 13.0 Å². The number of nitrogens with two attached hydrogens (primary N) is 2. The highest BCUT2D eigenvalue weighted by Gasteiger charge is 2.44. The molecule has 3 rings (SSSR count). The summed E-state index contributed by atoms with van der Waals surface area (Å²) in [4.78, 5) is 24.8. The molecule has 2 aromatic heterocycles. The zero-order valence-corrected chi connectivity index (χ0v) is 15.3. The van der Waals surface area contributed by atoms with E-state index in [1.54, 1.807) is 0 Å². The van der Waals surface area contributed by atoms with Crippen molar-refractivity contribution < 1.29 is 24.9 Å². The first kappa shape index (κ1) is 20.4. The van der Waals surface area contributed by atoms with E-state index in [9.17, 15) is 15.0 Å². The number of carboxylic acid groups (broad SMARTS) is 1. The number of fused-ring (bicyclic) bond motifs is 1. The highest BCUT2D eigenvalue weighted by molar-refractivity contribution is 5.81. The predicted octanol–water partition coefficient (Wildman–Crippen LogP) is -1.85. The number of hydrogen-bond acceptors (Lipinski definition) is 10. The fraction of sp³-hybridized carbons (Fsp3) is 0.625. The van der Waals surface area contributed by atoms with Gasteiger partial charge in [-0.25, -0.2) is 15.0 Å². The summed E-state index contributed by atoms with van der Waals surface area (Å²) in [5.74, 6) is -0.658. The molecule has 0 saturated carbocycles. The van der Waals surface area contributed by atoms with Crippen molar-refractivity contribution in [1.29, 1.82) is 0 Å². The largest absolute Gasteiger partial charge is 0.481 e. The molecule has 0 spiro atoms. The van der Waals surface area contributed by atoms with Crippen LogP contribution in [0.4, 0.5) is 5.82 Å². The first-order valence-electron chi connectivity index (χ1n) is 9.01. The second-order valence-corrected chi connectivity index (χ2v) is 6.72. The Morgan fingerprint density at radius 2 is 2.04 bits per heavy atom. The van der Waals surface area contributed by atoms with E-state index in [1.807, 2.05) is 4.90 Å². The molecule has 28 heavy (non-hydrogen) atoms. The molecule has 4 atom stereocenters. The first-order valence-corrected chi connectivity index (χ1v) is 9.01. The second kappa shape index (κ2) is 8.75. The van der Waals surface area contributed by atoms with Crippen LogP contribution < -0.4 is 11.5 Å². The van der Waals surface area contributed by atoms with Crippen molar-refractivity contribution in [3.63, 3.8) is 0 Å². The number of carbonyl (C=O) groups is 1. The molecule has 3 heterocycles. The van der Waals surface area contributed by atoms with Crippen LogP contribution in [-0.4, -0.2) is 90.2 Å². The van der Waals surface area contributed by atoms with E-state index >= 15 is 0 Å². The molecule has 0 aromatic carbocycles. The Bertz CT molecular complexity index is 816. The third-order valence-corrected chi connectivity index (χ3v) is 4.75. The lowest BCUT2D eigenvalue weighted by Gasteiger charge is -2.26. The monoisotopic (exact) mass is 395 g/mol. The second-order valence-electron chi connectivity index (χ2n) is 6.72. The summed E-state index contributed by atoms with van der Waals surface area (Å²) in [5, 5.41) is 29.8. The Hall–Kier alpha value is -2.38. The van der Waals surface area contributed by atoms with E-state index in [0.717, 1.165) is 0 Å². The van der Waals surface area contributed by atoms with Crippen LogP contribution in [-0.2, 0) is 9.53 Å². The van der Waals surface area contributed by atoms with Gasteiger partial charge in [-0.3, -0.25) is 14.3 Å². The van der Waals surface area contributed by atoms with Gasteiger partial charge in [0.15, 0.2) is 17.7 Å². The van der Waals surface area contributed by atoms with Gasteiger partial charge >= 0.3 is 5.97 Å². The number of anilines is 1. The zero-order valence-electron chi connectivity index (χ0n) is 15.3. The van der Waals surface area contributed by atoms with Crippen molar-refractivity contribution in [2.45, 2.75) is 37.4 Å². The maximum Gasteiger partial charge on any atom is 0.303 e. The lowest BCUT2D eigenvalue weighted by Crippen LogP contribution is -2.42. The topological polar surface area (TPSA) is 186 Å². The molecule has 0 radical (unpaired) electrons. The number of imidazole rings is 1. The molecule has 0 unspecified atom stereocenters.